The summed E-state index contributed by atoms with van der Waals surface area (Å²) in [6, 6.07) is 12.5. The summed E-state index contributed by atoms with van der Waals surface area (Å²) in [5.41, 5.74) is 3.45. The van der Waals surface area contributed by atoms with E-state index in [1.54, 1.807) is 23.1 Å². The molecule has 14 heteroatoms. The van der Waals surface area contributed by atoms with Gasteiger partial charge in [-0.15, -0.1) is 0 Å². The lowest BCUT2D eigenvalue weighted by molar-refractivity contribution is -0.114. The van der Waals surface area contributed by atoms with Crippen LogP contribution in [-0.4, -0.2) is 40.2 Å². The SMILES string of the molecule is N#CC(=NNc1cc(Cl)c(Oc2ccc3c(c2)CCN(Cc2ccc(F)c(F)c2)C3=O)c(Cl)c1)C(=O)NC(=O)O. The Balaban J connectivity index is 1.47. The number of benzene rings is 3. The van der Waals surface area contributed by atoms with E-state index in [2.05, 4.69) is 10.5 Å². The fraction of sp³-hybridized carbons (Fsp3) is 0.115. The topological polar surface area (TPSA) is 144 Å². The fourth-order valence-electron chi connectivity index (χ4n) is 3.83. The minimum atomic E-state index is -1.65. The van der Waals surface area contributed by atoms with Crippen LogP contribution in [0.4, 0.5) is 19.3 Å². The maximum absolute atomic E-state index is 13.6. The second-order valence-corrected chi connectivity index (χ2v) is 9.17. The Morgan fingerprint density at radius 2 is 1.82 bits per heavy atom. The summed E-state index contributed by atoms with van der Waals surface area (Å²) in [5, 5.41) is 22.7. The number of ether oxygens (including phenoxy) is 1. The Kier molecular flexibility index (Phi) is 8.47. The molecule has 3 N–H and O–H groups in total. The summed E-state index contributed by atoms with van der Waals surface area (Å²) in [6.07, 6.45) is -1.16. The van der Waals surface area contributed by atoms with E-state index in [0.717, 1.165) is 12.1 Å². The third kappa shape index (κ3) is 6.45. The number of carboxylic acid groups (broad SMARTS) is 1. The van der Waals surface area contributed by atoms with Gasteiger partial charge in [0.15, 0.2) is 17.4 Å². The van der Waals surface area contributed by atoms with Crippen molar-refractivity contribution in [1.82, 2.24) is 10.2 Å². The molecule has 0 unspecified atom stereocenters. The highest BCUT2D eigenvalue weighted by molar-refractivity contribution is 6.46. The Labute approximate surface area is 235 Å². The van der Waals surface area contributed by atoms with Crippen molar-refractivity contribution in [2.45, 2.75) is 13.0 Å². The largest absolute Gasteiger partial charge is 0.465 e. The van der Waals surface area contributed by atoms with Crippen molar-refractivity contribution in [1.29, 1.82) is 5.26 Å². The molecule has 0 bridgehead atoms. The maximum Gasteiger partial charge on any atom is 0.411 e. The standard InChI is InChI=1S/C26H17Cl2F2N5O5/c27-18-9-15(33-34-22(11-31)24(36)32-26(38)39)10-19(28)23(18)40-16-2-3-17-14(8-16)5-6-35(25(17)37)12-13-1-4-20(29)21(30)7-13/h1-4,7-10,33H,5-6,12H2,(H,32,36)(H,38,39). The molecule has 40 heavy (non-hydrogen) atoms. The van der Waals surface area contributed by atoms with Crippen LogP contribution in [-0.2, 0) is 17.8 Å². The predicted octanol–water partition coefficient (Wildman–Crippen LogP) is 5.35. The zero-order valence-electron chi connectivity index (χ0n) is 20.2. The number of halogens is 4. The number of nitrogens with zero attached hydrogens (tertiary/aromatic N) is 3. The van der Waals surface area contributed by atoms with Crippen LogP contribution in [0.15, 0.2) is 53.6 Å². The van der Waals surface area contributed by atoms with Gasteiger partial charge in [-0.05, 0) is 60.0 Å². The molecule has 0 spiro atoms. The summed E-state index contributed by atoms with van der Waals surface area (Å²) in [4.78, 5) is 36.7. The van der Waals surface area contributed by atoms with Crippen molar-refractivity contribution < 1.29 is 33.0 Å². The number of fused-ring (bicyclic) bond motifs is 1. The van der Waals surface area contributed by atoms with Gasteiger partial charge in [-0.25, -0.2) is 13.6 Å². The Morgan fingerprint density at radius 1 is 1.10 bits per heavy atom. The van der Waals surface area contributed by atoms with Crippen molar-refractivity contribution >= 4 is 52.5 Å². The van der Waals surface area contributed by atoms with Crippen molar-refractivity contribution in [3.8, 4) is 17.6 Å². The molecule has 1 aliphatic heterocycles. The van der Waals surface area contributed by atoms with Crippen molar-refractivity contribution in [3.05, 3.63) is 86.9 Å². The normalized spacial score (nSPS) is 12.8. The molecule has 0 saturated carbocycles. The molecule has 3 aromatic carbocycles. The predicted molar refractivity (Wildman–Crippen MR) is 141 cm³/mol. The average Bonchev–Trinajstić information content (AvgIpc) is 2.90. The molecular weight excluding hydrogens is 571 g/mol. The van der Waals surface area contributed by atoms with E-state index in [0.29, 0.717) is 35.4 Å². The van der Waals surface area contributed by atoms with Gasteiger partial charge in [0.1, 0.15) is 11.8 Å². The molecule has 4 rings (SSSR count). The lowest BCUT2D eigenvalue weighted by Crippen LogP contribution is -2.37. The number of hydrogen-bond donors (Lipinski definition) is 3. The van der Waals surface area contributed by atoms with Gasteiger partial charge in [0.05, 0.1) is 15.7 Å². The summed E-state index contributed by atoms with van der Waals surface area (Å²) < 4.78 is 32.6. The van der Waals surface area contributed by atoms with Gasteiger partial charge in [0, 0.05) is 18.7 Å². The Bertz CT molecular complexity index is 1590. The van der Waals surface area contributed by atoms with Crippen molar-refractivity contribution in [3.63, 3.8) is 0 Å². The first-order valence-corrected chi connectivity index (χ1v) is 12.1. The van der Waals surface area contributed by atoms with Crippen LogP contribution in [0.25, 0.3) is 0 Å². The number of amides is 3. The van der Waals surface area contributed by atoms with E-state index in [9.17, 15) is 23.2 Å². The molecule has 0 aliphatic carbocycles. The molecule has 3 aromatic rings. The number of rotatable bonds is 7. The maximum atomic E-state index is 13.6. The average molecular weight is 588 g/mol. The number of imide groups is 1. The van der Waals surface area contributed by atoms with Gasteiger partial charge in [-0.1, -0.05) is 29.3 Å². The zero-order chi connectivity index (χ0) is 29.0. The summed E-state index contributed by atoms with van der Waals surface area (Å²) >= 11 is 12.6. The van der Waals surface area contributed by atoms with E-state index >= 15 is 0 Å². The summed E-state index contributed by atoms with van der Waals surface area (Å²) in [5.74, 6) is -2.99. The first kappa shape index (κ1) is 28.3. The lowest BCUT2D eigenvalue weighted by atomic mass is 9.98. The number of hydrazone groups is 1. The third-order valence-electron chi connectivity index (χ3n) is 5.66. The van der Waals surface area contributed by atoms with E-state index < -0.39 is 29.3 Å². The molecule has 1 aliphatic rings. The van der Waals surface area contributed by atoms with Gasteiger partial charge >= 0.3 is 6.09 Å². The summed E-state index contributed by atoms with van der Waals surface area (Å²) in [6.45, 7) is 0.481. The first-order chi connectivity index (χ1) is 19.0. The van der Waals surface area contributed by atoms with Crippen LogP contribution < -0.4 is 15.5 Å². The second kappa shape index (κ2) is 12.0. The van der Waals surface area contributed by atoms with E-state index in [1.165, 1.54) is 29.6 Å². The molecule has 0 saturated heterocycles. The molecule has 0 radical (unpaired) electrons. The van der Waals surface area contributed by atoms with Gasteiger partial charge in [0.2, 0.25) is 5.71 Å². The zero-order valence-corrected chi connectivity index (χ0v) is 21.7. The van der Waals surface area contributed by atoms with E-state index in [1.807, 2.05) is 0 Å². The fourth-order valence-corrected chi connectivity index (χ4v) is 4.39. The van der Waals surface area contributed by atoms with Crippen LogP contribution in [0.2, 0.25) is 10.0 Å². The molecule has 0 atom stereocenters. The quantitative estimate of drug-likeness (QED) is 0.249. The van der Waals surface area contributed by atoms with Crippen LogP contribution >= 0.6 is 23.2 Å². The van der Waals surface area contributed by atoms with E-state index in [4.69, 9.17) is 38.3 Å². The lowest BCUT2D eigenvalue weighted by Gasteiger charge is -2.29. The van der Waals surface area contributed by atoms with Gasteiger partial charge in [-0.2, -0.15) is 10.4 Å². The minimum absolute atomic E-state index is 0.0465. The number of nitriles is 1. The number of carbonyl (C=O) groups is 3. The number of anilines is 1. The van der Waals surface area contributed by atoms with Crippen LogP contribution in [0, 0.1) is 23.0 Å². The van der Waals surface area contributed by atoms with Crippen LogP contribution in [0.3, 0.4) is 0 Å². The molecule has 0 fully saturated rings. The van der Waals surface area contributed by atoms with Crippen LogP contribution in [0.1, 0.15) is 21.5 Å². The number of nitrogens with one attached hydrogen (secondary N) is 2. The van der Waals surface area contributed by atoms with Crippen LogP contribution in [0.5, 0.6) is 11.5 Å². The minimum Gasteiger partial charge on any atom is -0.465 e. The van der Waals surface area contributed by atoms with Gasteiger partial charge < -0.3 is 14.7 Å². The smallest absolute Gasteiger partial charge is 0.411 e. The third-order valence-corrected chi connectivity index (χ3v) is 6.22. The molecule has 10 nitrogen and oxygen atoms in total. The highest BCUT2D eigenvalue weighted by Gasteiger charge is 2.25. The van der Waals surface area contributed by atoms with E-state index in [-0.39, 0.29) is 33.9 Å². The summed E-state index contributed by atoms with van der Waals surface area (Å²) in [7, 11) is 0. The van der Waals surface area contributed by atoms with Gasteiger partial charge in [0.25, 0.3) is 11.8 Å². The van der Waals surface area contributed by atoms with Crippen molar-refractivity contribution in [2.75, 3.05) is 12.0 Å². The van der Waals surface area contributed by atoms with Gasteiger partial charge in [-0.3, -0.25) is 20.3 Å². The second-order valence-electron chi connectivity index (χ2n) is 8.36. The molecular formula is C26H17Cl2F2N5O5. The number of hydrogen-bond acceptors (Lipinski definition) is 7. The molecule has 204 valence electrons. The first-order valence-electron chi connectivity index (χ1n) is 11.4. The monoisotopic (exact) mass is 587 g/mol. The highest BCUT2D eigenvalue weighted by atomic mass is 35.5. The Hall–Kier alpha value is -4.73. The number of carbonyl (C=O) groups excluding carboxylic acids is 2. The Morgan fingerprint density at radius 3 is 2.48 bits per heavy atom. The molecule has 0 aromatic heterocycles. The highest BCUT2D eigenvalue weighted by Crippen LogP contribution is 2.39. The van der Waals surface area contributed by atoms with Crippen molar-refractivity contribution in [2.24, 2.45) is 5.10 Å². The molecule has 3 amide bonds. The molecule has 1 heterocycles.